The van der Waals surface area contributed by atoms with Gasteiger partial charge in [-0.05, 0) is 79.3 Å². The van der Waals surface area contributed by atoms with Crippen LogP contribution in [-0.2, 0) is 32.2 Å². The zero-order valence-corrected chi connectivity index (χ0v) is 23.9. The molecular formula is C34H36ClN3O2. The normalized spacial score (nSPS) is 13.8. The van der Waals surface area contributed by atoms with Gasteiger partial charge in [0.25, 0.3) is 0 Å². The van der Waals surface area contributed by atoms with E-state index in [9.17, 15) is 9.90 Å². The minimum atomic E-state index is -0.861. The van der Waals surface area contributed by atoms with E-state index in [-0.39, 0.29) is 0 Å². The van der Waals surface area contributed by atoms with Crippen molar-refractivity contribution < 1.29 is 9.90 Å². The summed E-state index contributed by atoms with van der Waals surface area (Å²) in [6.45, 7) is 2.79. The van der Waals surface area contributed by atoms with Crippen molar-refractivity contribution >= 4 is 39.2 Å². The van der Waals surface area contributed by atoms with Crippen molar-refractivity contribution in [3.63, 3.8) is 0 Å². The molecule has 0 fully saturated rings. The first-order chi connectivity index (χ1) is 19.6. The van der Waals surface area contributed by atoms with Crippen LogP contribution in [0.25, 0.3) is 32.8 Å². The van der Waals surface area contributed by atoms with Crippen LogP contribution < -0.4 is 0 Å². The number of nitrogens with zero attached hydrogens (tertiary/aromatic N) is 2. The summed E-state index contributed by atoms with van der Waals surface area (Å²) in [5, 5.41) is 22.7. The standard InChI is InChI=1S/C34H36ClN3O2/c1-2-28-31-29(37-36-28)18-5-3-4-10-21-38-32-26(19-20-27(35)30(31)32)25(33(38)34(39)40)17-9-7-13-23-15-11-14-22-12-6-8-16-24(22)23/h6,8,11-12,14-16,19-20H,2-5,7,9-10,13,17-18,21H2,1H3,(H,36,37)(H,39,40). The van der Waals surface area contributed by atoms with Crippen molar-refractivity contribution in [2.75, 3.05) is 0 Å². The third-order valence-corrected chi connectivity index (χ3v) is 8.86. The van der Waals surface area contributed by atoms with Crippen LogP contribution in [0.1, 0.15) is 78.5 Å². The molecule has 3 heterocycles. The predicted molar refractivity (Wildman–Crippen MR) is 164 cm³/mol. The molecule has 0 saturated heterocycles. The number of rotatable bonds is 7. The van der Waals surface area contributed by atoms with Crippen LogP contribution in [-0.4, -0.2) is 25.8 Å². The number of benzene rings is 3. The molecule has 40 heavy (non-hydrogen) atoms. The summed E-state index contributed by atoms with van der Waals surface area (Å²) in [4.78, 5) is 12.9. The van der Waals surface area contributed by atoms with E-state index in [0.29, 0.717) is 17.3 Å². The molecule has 1 aliphatic rings. The van der Waals surface area contributed by atoms with E-state index < -0.39 is 5.97 Å². The van der Waals surface area contributed by atoms with E-state index in [4.69, 9.17) is 11.6 Å². The number of H-pyrrole nitrogens is 1. The summed E-state index contributed by atoms with van der Waals surface area (Å²) in [6, 6.07) is 19.0. The number of fused-ring (bicyclic) bond motifs is 3. The second-order valence-electron chi connectivity index (χ2n) is 11.0. The van der Waals surface area contributed by atoms with E-state index in [1.807, 2.05) is 12.1 Å². The van der Waals surface area contributed by atoms with Crippen molar-refractivity contribution in [2.24, 2.45) is 0 Å². The molecule has 206 valence electrons. The Bertz CT molecular complexity index is 1690. The molecule has 0 radical (unpaired) electrons. The van der Waals surface area contributed by atoms with Gasteiger partial charge in [0.1, 0.15) is 5.69 Å². The van der Waals surface area contributed by atoms with Crippen LogP contribution in [0.3, 0.4) is 0 Å². The Kier molecular flexibility index (Phi) is 7.66. The number of halogens is 1. The summed E-state index contributed by atoms with van der Waals surface area (Å²) in [5.74, 6) is -0.861. The first-order valence-electron chi connectivity index (χ1n) is 14.7. The predicted octanol–water partition coefficient (Wildman–Crippen LogP) is 8.78. The van der Waals surface area contributed by atoms with E-state index in [2.05, 4.69) is 64.2 Å². The fraction of sp³-hybridized carbons (Fsp3) is 0.353. The van der Waals surface area contributed by atoms with Gasteiger partial charge in [-0.15, -0.1) is 0 Å². The van der Waals surface area contributed by atoms with Gasteiger partial charge in [0.05, 0.1) is 16.2 Å². The minimum absolute atomic E-state index is 0.422. The van der Waals surface area contributed by atoms with Gasteiger partial charge in [0, 0.05) is 28.8 Å². The lowest BCUT2D eigenvalue weighted by Gasteiger charge is -2.13. The highest BCUT2D eigenvalue weighted by atomic mass is 35.5. The average Bonchev–Trinajstić information content (AvgIpc) is 3.50. The van der Waals surface area contributed by atoms with Crippen molar-refractivity contribution in [1.29, 1.82) is 0 Å². The Morgan fingerprint density at radius 2 is 1.75 bits per heavy atom. The Morgan fingerprint density at radius 1 is 0.950 bits per heavy atom. The molecule has 0 atom stereocenters. The highest BCUT2D eigenvalue weighted by Gasteiger charge is 2.28. The topological polar surface area (TPSA) is 70.9 Å². The van der Waals surface area contributed by atoms with Gasteiger partial charge in [0.15, 0.2) is 0 Å². The summed E-state index contributed by atoms with van der Waals surface area (Å²) in [6.07, 6.45) is 9.50. The number of aromatic amines is 1. The molecule has 0 aliphatic carbocycles. The smallest absolute Gasteiger partial charge is 0.352 e. The first kappa shape index (κ1) is 26.6. The number of nitrogens with one attached hydrogen (secondary N) is 1. The Labute approximate surface area is 240 Å². The molecule has 6 heteroatoms. The van der Waals surface area contributed by atoms with Crippen LogP contribution in [0.2, 0.25) is 5.02 Å². The van der Waals surface area contributed by atoms with Gasteiger partial charge >= 0.3 is 5.97 Å². The third-order valence-electron chi connectivity index (χ3n) is 8.54. The van der Waals surface area contributed by atoms with E-state index in [1.54, 1.807) is 0 Å². The molecule has 3 aromatic carbocycles. The van der Waals surface area contributed by atoms with Crippen molar-refractivity contribution in [3.8, 4) is 11.1 Å². The molecule has 6 rings (SSSR count). The highest BCUT2D eigenvalue weighted by molar-refractivity contribution is 6.35. The fourth-order valence-corrected chi connectivity index (χ4v) is 6.90. The molecule has 2 aromatic heterocycles. The third kappa shape index (κ3) is 4.81. The number of carboxylic acid groups (broad SMARTS) is 1. The first-order valence-corrected chi connectivity index (χ1v) is 15.1. The number of hydrogen-bond donors (Lipinski definition) is 2. The molecular weight excluding hydrogens is 518 g/mol. The van der Waals surface area contributed by atoms with Crippen LogP contribution in [0.5, 0.6) is 0 Å². The van der Waals surface area contributed by atoms with Crippen LogP contribution in [0.4, 0.5) is 0 Å². The van der Waals surface area contributed by atoms with E-state index >= 15 is 0 Å². The second-order valence-corrected chi connectivity index (χ2v) is 11.4. The van der Waals surface area contributed by atoms with E-state index in [0.717, 1.165) is 103 Å². The number of carbonyl (C=O) groups is 1. The second kappa shape index (κ2) is 11.5. The fourth-order valence-electron chi connectivity index (χ4n) is 6.66. The summed E-state index contributed by atoms with van der Waals surface area (Å²) < 4.78 is 2.06. The number of hydrogen-bond acceptors (Lipinski definition) is 2. The van der Waals surface area contributed by atoms with Gasteiger partial charge in [0.2, 0.25) is 0 Å². The van der Waals surface area contributed by atoms with Crippen LogP contribution in [0, 0.1) is 0 Å². The SMILES string of the molecule is CCc1n[nH]c2c1-c1c(Cl)ccc3c(CCCCc4cccc5ccccc45)c(C(=O)O)n(c13)CCCCCC2. The number of unbranched alkanes of at least 4 members (excludes halogenated alkanes) is 1. The Morgan fingerprint density at radius 3 is 2.60 bits per heavy atom. The van der Waals surface area contributed by atoms with Gasteiger partial charge < -0.3 is 9.67 Å². The zero-order valence-electron chi connectivity index (χ0n) is 23.1. The van der Waals surface area contributed by atoms with E-state index in [1.165, 1.54) is 16.3 Å². The van der Waals surface area contributed by atoms with Crippen LogP contribution >= 0.6 is 11.6 Å². The lowest BCUT2D eigenvalue weighted by Crippen LogP contribution is -2.11. The largest absolute Gasteiger partial charge is 0.477 e. The maximum Gasteiger partial charge on any atom is 0.352 e. The molecule has 0 amide bonds. The maximum absolute atomic E-state index is 12.9. The average molecular weight is 554 g/mol. The van der Waals surface area contributed by atoms with Crippen molar-refractivity contribution in [3.05, 3.63) is 87.8 Å². The molecule has 0 spiro atoms. The zero-order chi connectivity index (χ0) is 27.6. The lowest BCUT2D eigenvalue weighted by molar-refractivity contribution is 0.0684. The minimum Gasteiger partial charge on any atom is -0.477 e. The number of aromatic carboxylic acids is 1. The number of aryl methyl sites for hydroxylation is 5. The Balaban J connectivity index is 1.42. The molecule has 0 unspecified atom stereocenters. The molecule has 1 aliphatic heterocycles. The number of aromatic nitrogens is 3. The lowest BCUT2D eigenvalue weighted by atomic mass is 9.95. The monoisotopic (exact) mass is 553 g/mol. The molecule has 2 N–H and O–H groups in total. The van der Waals surface area contributed by atoms with Crippen molar-refractivity contribution in [1.82, 2.24) is 14.8 Å². The van der Waals surface area contributed by atoms with Crippen LogP contribution in [0.15, 0.2) is 54.6 Å². The highest BCUT2D eigenvalue weighted by Crippen LogP contribution is 2.43. The maximum atomic E-state index is 12.9. The molecule has 0 saturated carbocycles. The van der Waals surface area contributed by atoms with Crippen molar-refractivity contribution in [2.45, 2.75) is 77.7 Å². The Hall–Kier alpha value is -3.57. The number of carboxylic acids is 1. The summed E-state index contributed by atoms with van der Waals surface area (Å²) >= 11 is 6.96. The quantitative estimate of drug-likeness (QED) is 0.198. The molecule has 5 aromatic rings. The summed E-state index contributed by atoms with van der Waals surface area (Å²) in [7, 11) is 0. The molecule has 5 nitrogen and oxygen atoms in total. The van der Waals surface area contributed by atoms with Gasteiger partial charge in [-0.1, -0.05) is 79.9 Å². The van der Waals surface area contributed by atoms with Gasteiger partial charge in [-0.25, -0.2) is 4.79 Å². The molecule has 0 bridgehead atoms. The van der Waals surface area contributed by atoms with Gasteiger partial charge in [-0.2, -0.15) is 5.10 Å². The summed E-state index contributed by atoms with van der Waals surface area (Å²) in [5.41, 5.74) is 7.75. The van der Waals surface area contributed by atoms with Gasteiger partial charge in [-0.3, -0.25) is 5.10 Å².